The van der Waals surface area contributed by atoms with Gasteiger partial charge in [-0.05, 0) is 48.5 Å². The molecule has 0 radical (unpaired) electrons. The first-order valence-corrected chi connectivity index (χ1v) is 8.31. The molecule has 3 N–H and O–H groups in total. The number of halogens is 1. The summed E-state index contributed by atoms with van der Waals surface area (Å²) in [6.07, 6.45) is 1.44. The van der Waals surface area contributed by atoms with Crippen molar-refractivity contribution in [1.82, 2.24) is 5.43 Å². The summed E-state index contributed by atoms with van der Waals surface area (Å²) in [7, 11) is 0. The average molecular weight is 380 g/mol. The maximum absolute atomic E-state index is 12.2. The van der Waals surface area contributed by atoms with Crippen LogP contribution in [0.25, 0.3) is 11.3 Å². The Bertz CT molecular complexity index is 802. The zero-order valence-corrected chi connectivity index (χ0v) is 15.4. The predicted molar refractivity (Wildman–Crippen MR) is 102 cm³/mol. The lowest BCUT2D eigenvalue weighted by Gasteiger charge is -2.09. The van der Waals surface area contributed by atoms with Gasteiger partial charge in [0.1, 0.15) is 11.5 Å². The molecule has 25 heavy (non-hydrogen) atoms. The molecular weight excluding hydrogens is 362 g/mol. The maximum Gasteiger partial charge on any atom is 0.339 e. The van der Waals surface area contributed by atoms with Gasteiger partial charge in [-0.2, -0.15) is 5.10 Å². The third kappa shape index (κ3) is 5.58. The largest absolute Gasteiger partial charge is 0.462 e. The lowest BCUT2D eigenvalue weighted by atomic mass is 10.1. The van der Waals surface area contributed by atoms with E-state index in [-0.39, 0.29) is 11.0 Å². The summed E-state index contributed by atoms with van der Waals surface area (Å²) < 4.78 is 10.9. The lowest BCUT2D eigenvalue weighted by Crippen LogP contribution is -2.23. The molecule has 0 unspecified atom stereocenters. The lowest BCUT2D eigenvalue weighted by molar-refractivity contribution is 0.0459. The molecule has 2 aromatic rings. The first-order valence-electron chi connectivity index (χ1n) is 7.52. The van der Waals surface area contributed by atoms with E-state index in [4.69, 9.17) is 26.5 Å². The molecule has 0 aliphatic heterocycles. The van der Waals surface area contributed by atoms with Gasteiger partial charge in [0.15, 0.2) is 5.11 Å². The summed E-state index contributed by atoms with van der Waals surface area (Å²) in [5, 5.41) is 4.20. The fraction of sp³-hybridized carbons (Fsp3) is 0.235. The van der Waals surface area contributed by atoms with Crippen LogP contribution in [0.5, 0.6) is 0 Å². The van der Waals surface area contributed by atoms with Crippen molar-refractivity contribution in [3.8, 4) is 11.3 Å². The number of hydrogen-bond donors (Lipinski definition) is 2. The van der Waals surface area contributed by atoms with Gasteiger partial charge < -0.3 is 14.9 Å². The van der Waals surface area contributed by atoms with Crippen molar-refractivity contribution in [2.75, 3.05) is 6.61 Å². The Hall–Kier alpha value is -2.38. The van der Waals surface area contributed by atoms with Crippen LogP contribution in [0, 0.1) is 5.92 Å². The molecule has 0 amide bonds. The molecule has 0 spiro atoms. The SMILES string of the molecule is CC(C)COC(=O)c1cc(-c2ccc(C=NNC(N)=S)o2)ccc1Cl. The minimum atomic E-state index is -0.463. The predicted octanol–water partition coefficient (Wildman–Crippen LogP) is 3.58. The van der Waals surface area contributed by atoms with Crippen molar-refractivity contribution in [3.63, 3.8) is 0 Å². The van der Waals surface area contributed by atoms with Crippen LogP contribution in [0.2, 0.25) is 5.02 Å². The first kappa shape index (κ1) is 19.0. The molecule has 1 heterocycles. The monoisotopic (exact) mass is 379 g/mol. The van der Waals surface area contributed by atoms with Crippen LogP contribution in [-0.4, -0.2) is 23.9 Å². The summed E-state index contributed by atoms with van der Waals surface area (Å²) in [6.45, 7) is 4.25. The summed E-state index contributed by atoms with van der Waals surface area (Å²) in [6, 6.07) is 8.51. The van der Waals surface area contributed by atoms with E-state index in [1.165, 1.54) is 6.21 Å². The molecule has 2 rings (SSSR count). The smallest absolute Gasteiger partial charge is 0.339 e. The van der Waals surface area contributed by atoms with Crippen molar-refractivity contribution in [3.05, 3.63) is 46.7 Å². The number of nitrogens with one attached hydrogen (secondary N) is 1. The van der Waals surface area contributed by atoms with Crippen molar-refractivity contribution in [2.24, 2.45) is 16.8 Å². The van der Waals surface area contributed by atoms with Gasteiger partial charge in [-0.15, -0.1) is 0 Å². The Morgan fingerprint density at radius 3 is 2.88 bits per heavy atom. The molecule has 0 bridgehead atoms. The third-order valence-corrected chi connectivity index (χ3v) is 3.43. The number of nitrogens with zero attached hydrogens (tertiary/aromatic N) is 1. The fourth-order valence-electron chi connectivity index (χ4n) is 1.89. The number of benzene rings is 1. The molecule has 0 saturated carbocycles. The Kier molecular flexibility index (Phi) is 6.55. The van der Waals surface area contributed by atoms with E-state index in [2.05, 4.69) is 22.7 Å². The van der Waals surface area contributed by atoms with E-state index >= 15 is 0 Å². The summed E-state index contributed by atoms with van der Waals surface area (Å²) in [5.41, 5.74) is 8.70. The van der Waals surface area contributed by atoms with Crippen molar-refractivity contribution in [1.29, 1.82) is 0 Å². The topological polar surface area (TPSA) is 89.8 Å². The van der Waals surface area contributed by atoms with Gasteiger partial charge in [-0.25, -0.2) is 4.79 Å². The number of ether oxygens (including phenoxy) is 1. The molecule has 0 atom stereocenters. The van der Waals surface area contributed by atoms with Crippen LogP contribution >= 0.6 is 23.8 Å². The number of carbonyl (C=O) groups excluding carboxylic acids is 1. The molecular formula is C17H18ClN3O3S. The number of esters is 1. The van der Waals surface area contributed by atoms with Gasteiger partial charge in [-0.1, -0.05) is 25.4 Å². The Balaban J connectivity index is 2.19. The number of thiocarbonyl (C=S) groups is 1. The van der Waals surface area contributed by atoms with Crippen molar-refractivity contribution >= 4 is 41.1 Å². The second-order valence-electron chi connectivity index (χ2n) is 5.62. The number of rotatable bonds is 6. The van der Waals surface area contributed by atoms with Crippen LogP contribution in [0.1, 0.15) is 30.0 Å². The molecule has 1 aromatic carbocycles. The standard InChI is InChI=1S/C17H18ClN3O3S/c1-10(2)9-23-16(22)13-7-11(3-5-14(13)18)15-6-4-12(24-15)8-20-21-17(19)25/h3-8,10H,9H2,1-2H3,(H3,19,21,25). The van der Waals surface area contributed by atoms with Gasteiger partial charge in [0.05, 0.1) is 23.4 Å². The molecule has 132 valence electrons. The van der Waals surface area contributed by atoms with Crippen LogP contribution in [0.3, 0.4) is 0 Å². The van der Waals surface area contributed by atoms with E-state index < -0.39 is 5.97 Å². The van der Waals surface area contributed by atoms with E-state index in [0.717, 1.165) is 0 Å². The number of hydrazone groups is 1. The maximum atomic E-state index is 12.2. The highest BCUT2D eigenvalue weighted by atomic mass is 35.5. The number of nitrogens with two attached hydrogens (primary N) is 1. The normalized spacial score (nSPS) is 11.0. The highest BCUT2D eigenvalue weighted by Gasteiger charge is 2.15. The van der Waals surface area contributed by atoms with Crippen LogP contribution in [-0.2, 0) is 4.74 Å². The minimum absolute atomic E-state index is 0.0604. The number of carbonyl (C=O) groups is 1. The van der Waals surface area contributed by atoms with Crippen LogP contribution in [0.4, 0.5) is 0 Å². The second kappa shape index (κ2) is 8.64. The molecule has 0 aliphatic rings. The van der Waals surface area contributed by atoms with Crippen molar-refractivity contribution < 1.29 is 13.9 Å². The fourth-order valence-corrected chi connectivity index (χ4v) is 2.14. The highest BCUT2D eigenvalue weighted by Crippen LogP contribution is 2.27. The van der Waals surface area contributed by atoms with Crippen LogP contribution in [0.15, 0.2) is 39.9 Å². The number of hydrogen-bond acceptors (Lipinski definition) is 5. The second-order valence-corrected chi connectivity index (χ2v) is 6.47. The van der Waals surface area contributed by atoms with Gasteiger partial charge in [0.25, 0.3) is 0 Å². The van der Waals surface area contributed by atoms with Crippen molar-refractivity contribution in [2.45, 2.75) is 13.8 Å². The van der Waals surface area contributed by atoms with Gasteiger partial charge >= 0.3 is 5.97 Å². The van der Waals surface area contributed by atoms with E-state index in [1.54, 1.807) is 30.3 Å². The first-order chi connectivity index (χ1) is 11.9. The van der Waals surface area contributed by atoms with Gasteiger partial charge in [-0.3, -0.25) is 5.43 Å². The molecule has 1 aromatic heterocycles. The molecule has 6 nitrogen and oxygen atoms in total. The van der Waals surface area contributed by atoms with E-state index in [0.29, 0.717) is 34.3 Å². The zero-order valence-electron chi connectivity index (χ0n) is 13.8. The third-order valence-electron chi connectivity index (χ3n) is 3.01. The highest BCUT2D eigenvalue weighted by molar-refractivity contribution is 7.80. The molecule has 0 fully saturated rings. The average Bonchev–Trinajstić information content (AvgIpc) is 3.01. The molecule has 8 heteroatoms. The quantitative estimate of drug-likeness (QED) is 0.345. The summed E-state index contributed by atoms with van der Waals surface area (Å²) in [5.74, 6) is 0.839. The minimum Gasteiger partial charge on any atom is -0.462 e. The Morgan fingerprint density at radius 1 is 1.44 bits per heavy atom. The van der Waals surface area contributed by atoms with Gasteiger partial charge in [0, 0.05) is 5.56 Å². The molecule has 0 saturated heterocycles. The van der Waals surface area contributed by atoms with Crippen LogP contribution < -0.4 is 11.2 Å². The Morgan fingerprint density at radius 2 is 2.20 bits per heavy atom. The zero-order chi connectivity index (χ0) is 18.4. The van der Waals surface area contributed by atoms with Gasteiger partial charge in [0.2, 0.25) is 0 Å². The summed E-state index contributed by atoms with van der Waals surface area (Å²) >= 11 is 10.8. The number of furan rings is 1. The summed E-state index contributed by atoms with van der Waals surface area (Å²) in [4.78, 5) is 12.2. The Labute approximate surface area is 156 Å². The van der Waals surface area contributed by atoms with E-state index in [1.807, 2.05) is 13.8 Å². The van der Waals surface area contributed by atoms with E-state index in [9.17, 15) is 4.79 Å². The molecule has 0 aliphatic carbocycles.